The molecule has 78 valence electrons. The second-order valence-electron chi connectivity index (χ2n) is 4.50. The van der Waals surface area contributed by atoms with E-state index in [0.29, 0.717) is 0 Å². The van der Waals surface area contributed by atoms with Gasteiger partial charge in [-0.25, -0.2) is 0 Å². The summed E-state index contributed by atoms with van der Waals surface area (Å²) in [6, 6.07) is 6.85. The third-order valence-corrected chi connectivity index (χ3v) is 3.53. The first-order valence-electron chi connectivity index (χ1n) is 5.32. The lowest BCUT2D eigenvalue weighted by molar-refractivity contribution is -0.121. The quantitative estimate of drug-likeness (QED) is 0.757. The van der Waals surface area contributed by atoms with Gasteiger partial charge in [-0.05, 0) is 43.5 Å². The van der Waals surface area contributed by atoms with E-state index >= 15 is 0 Å². The number of rotatable bonds is 1. The third-order valence-electron chi connectivity index (χ3n) is 3.53. The van der Waals surface area contributed by atoms with Gasteiger partial charge in [0.25, 0.3) is 0 Å². The summed E-state index contributed by atoms with van der Waals surface area (Å²) in [7, 11) is 0. The number of hydrogen-bond acceptors (Lipinski definition) is 2. The molecule has 15 heavy (non-hydrogen) atoms. The first kappa shape index (κ1) is 8.77. The number of amides is 1. The molecular weight excluding hydrogens is 190 g/mol. The number of carbonyl (C=O) groups is 1. The molecule has 1 saturated heterocycles. The van der Waals surface area contributed by atoms with E-state index in [4.69, 9.17) is 0 Å². The predicted molar refractivity (Wildman–Crippen MR) is 56.7 cm³/mol. The van der Waals surface area contributed by atoms with Crippen LogP contribution in [0.4, 0.5) is 5.69 Å². The number of anilines is 1. The van der Waals surface area contributed by atoms with Crippen molar-refractivity contribution in [3.63, 3.8) is 0 Å². The van der Waals surface area contributed by atoms with Gasteiger partial charge in [0.05, 0.1) is 5.41 Å². The zero-order valence-electron chi connectivity index (χ0n) is 8.44. The van der Waals surface area contributed by atoms with Gasteiger partial charge in [0.15, 0.2) is 0 Å². The van der Waals surface area contributed by atoms with Gasteiger partial charge in [0, 0.05) is 12.2 Å². The van der Waals surface area contributed by atoms with Gasteiger partial charge in [-0.1, -0.05) is 0 Å². The molecule has 2 fully saturated rings. The highest BCUT2D eigenvalue weighted by atomic mass is 16.3. The summed E-state index contributed by atoms with van der Waals surface area (Å²) in [6.45, 7) is 0.823. The van der Waals surface area contributed by atoms with E-state index in [0.717, 1.165) is 31.5 Å². The molecule has 1 aliphatic carbocycles. The van der Waals surface area contributed by atoms with Gasteiger partial charge < -0.3 is 10.0 Å². The van der Waals surface area contributed by atoms with Crippen molar-refractivity contribution in [3.8, 4) is 5.75 Å². The SMILES string of the molecule is O=C1N(c2ccc(O)cc2)CCC12CC2. The van der Waals surface area contributed by atoms with E-state index in [1.54, 1.807) is 24.3 Å². The number of nitrogens with zero attached hydrogens (tertiary/aromatic N) is 1. The van der Waals surface area contributed by atoms with Crippen molar-refractivity contribution in [1.29, 1.82) is 0 Å². The highest BCUT2D eigenvalue weighted by molar-refractivity contribution is 6.01. The Labute approximate surface area is 88.3 Å². The van der Waals surface area contributed by atoms with Crippen molar-refractivity contribution in [2.75, 3.05) is 11.4 Å². The Kier molecular flexibility index (Phi) is 1.61. The summed E-state index contributed by atoms with van der Waals surface area (Å²) in [6.07, 6.45) is 3.10. The molecule has 1 N–H and O–H groups in total. The molecule has 1 heterocycles. The van der Waals surface area contributed by atoms with E-state index in [-0.39, 0.29) is 17.1 Å². The number of carbonyl (C=O) groups excluding carboxylic acids is 1. The molecule has 0 bridgehead atoms. The Morgan fingerprint density at radius 2 is 1.80 bits per heavy atom. The lowest BCUT2D eigenvalue weighted by Crippen LogP contribution is -2.27. The molecule has 0 radical (unpaired) electrons. The highest BCUT2D eigenvalue weighted by Crippen LogP contribution is 2.54. The zero-order chi connectivity index (χ0) is 10.5. The zero-order valence-corrected chi connectivity index (χ0v) is 8.44. The summed E-state index contributed by atoms with van der Waals surface area (Å²) < 4.78 is 0. The van der Waals surface area contributed by atoms with Gasteiger partial charge in [-0.15, -0.1) is 0 Å². The average Bonchev–Trinajstić information content (AvgIpc) is 2.94. The number of phenols is 1. The molecule has 3 rings (SSSR count). The van der Waals surface area contributed by atoms with Crippen molar-refractivity contribution in [2.45, 2.75) is 19.3 Å². The maximum absolute atomic E-state index is 12.0. The predicted octanol–water partition coefficient (Wildman–Crippen LogP) is 1.91. The minimum Gasteiger partial charge on any atom is -0.508 e. The number of aromatic hydroxyl groups is 1. The lowest BCUT2D eigenvalue weighted by atomic mass is 10.1. The van der Waals surface area contributed by atoms with Gasteiger partial charge in [-0.2, -0.15) is 0 Å². The standard InChI is InChI=1S/C12H13NO2/c14-10-3-1-9(2-4-10)13-8-7-12(5-6-12)11(13)15/h1-4,14H,5-8H2. The van der Waals surface area contributed by atoms with Crippen LogP contribution < -0.4 is 4.90 Å². The Bertz CT molecular complexity index is 406. The van der Waals surface area contributed by atoms with Crippen molar-refractivity contribution in [3.05, 3.63) is 24.3 Å². The number of hydrogen-bond donors (Lipinski definition) is 1. The Hall–Kier alpha value is -1.51. The van der Waals surface area contributed by atoms with Gasteiger partial charge in [0.2, 0.25) is 5.91 Å². The molecule has 1 saturated carbocycles. The fourth-order valence-corrected chi connectivity index (χ4v) is 2.31. The maximum Gasteiger partial charge on any atom is 0.233 e. The normalized spacial score (nSPS) is 22.4. The van der Waals surface area contributed by atoms with E-state index in [2.05, 4.69) is 0 Å². The molecule has 2 aliphatic rings. The van der Waals surface area contributed by atoms with Crippen LogP contribution in [0.5, 0.6) is 5.75 Å². The summed E-state index contributed by atoms with van der Waals surface area (Å²) >= 11 is 0. The molecule has 1 aromatic rings. The fourth-order valence-electron chi connectivity index (χ4n) is 2.31. The topological polar surface area (TPSA) is 40.5 Å². The Morgan fingerprint density at radius 1 is 1.13 bits per heavy atom. The van der Waals surface area contributed by atoms with Crippen LogP contribution in [0.1, 0.15) is 19.3 Å². The molecule has 1 aromatic carbocycles. The van der Waals surface area contributed by atoms with Crippen molar-refractivity contribution < 1.29 is 9.90 Å². The van der Waals surface area contributed by atoms with Crippen molar-refractivity contribution >= 4 is 11.6 Å². The summed E-state index contributed by atoms with van der Waals surface area (Å²) in [5.74, 6) is 0.514. The molecule has 3 nitrogen and oxygen atoms in total. The molecule has 0 aromatic heterocycles. The fraction of sp³-hybridized carbons (Fsp3) is 0.417. The molecule has 1 aliphatic heterocycles. The molecule has 0 unspecified atom stereocenters. The van der Waals surface area contributed by atoms with Crippen LogP contribution in [-0.4, -0.2) is 17.6 Å². The van der Waals surface area contributed by atoms with E-state index < -0.39 is 0 Å². The monoisotopic (exact) mass is 203 g/mol. The van der Waals surface area contributed by atoms with E-state index in [1.807, 2.05) is 4.90 Å². The first-order valence-corrected chi connectivity index (χ1v) is 5.32. The lowest BCUT2D eigenvalue weighted by Gasteiger charge is -2.16. The second-order valence-corrected chi connectivity index (χ2v) is 4.50. The largest absolute Gasteiger partial charge is 0.508 e. The van der Waals surface area contributed by atoms with Crippen LogP contribution in [0.2, 0.25) is 0 Å². The summed E-state index contributed by atoms with van der Waals surface area (Å²) in [4.78, 5) is 13.9. The molecule has 1 amide bonds. The molecule has 0 atom stereocenters. The van der Waals surface area contributed by atoms with Crippen molar-refractivity contribution in [1.82, 2.24) is 0 Å². The summed E-state index contributed by atoms with van der Waals surface area (Å²) in [5, 5.41) is 9.18. The van der Waals surface area contributed by atoms with Crippen LogP contribution in [0, 0.1) is 5.41 Å². The average molecular weight is 203 g/mol. The second kappa shape index (κ2) is 2.75. The molecular formula is C12H13NO2. The van der Waals surface area contributed by atoms with Gasteiger partial charge in [-0.3, -0.25) is 4.79 Å². The van der Waals surface area contributed by atoms with Crippen LogP contribution in [0.3, 0.4) is 0 Å². The van der Waals surface area contributed by atoms with Crippen LogP contribution in [0.15, 0.2) is 24.3 Å². The number of phenolic OH excluding ortho intramolecular Hbond substituents is 1. The minimum absolute atomic E-state index is 0.00210. The maximum atomic E-state index is 12.0. The first-order chi connectivity index (χ1) is 7.21. The number of benzene rings is 1. The van der Waals surface area contributed by atoms with Crippen LogP contribution >= 0.6 is 0 Å². The minimum atomic E-state index is -0.00210. The molecule has 3 heteroatoms. The van der Waals surface area contributed by atoms with E-state index in [9.17, 15) is 9.90 Å². The van der Waals surface area contributed by atoms with Crippen LogP contribution in [0.25, 0.3) is 0 Å². The van der Waals surface area contributed by atoms with E-state index in [1.165, 1.54) is 0 Å². The van der Waals surface area contributed by atoms with Crippen molar-refractivity contribution in [2.24, 2.45) is 5.41 Å². The van der Waals surface area contributed by atoms with Gasteiger partial charge in [0.1, 0.15) is 5.75 Å². The smallest absolute Gasteiger partial charge is 0.233 e. The summed E-state index contributed by atoms with van der Waals surface area (Å²) in [5.41, 5.74) is 0.902. The molecule has 1 spiro atoms. The third kappa shape index (κ3) is 1.23. The highest BCUT2D eigenvalue weighted by Gasteiger charge is 2.55. The Balaban J connectivity index is 1.89. The Morgan fingerprint density at radius 3 is 2.33 bits per heavy atom. The van der Waals surface area contributed by atoms with Crippen LogP contribution in [-0.2, 0) is 4.79 Å². The van der Waals surface area contributed by atoms with Gasteiger partial charge >= 0.3 is 0 Å².